The van der Waals surface area contributed by atoms with Gasteiger partial charge < -0.3 is 9.13 Å². The van der Waals surface area contributed by atoms with E-state index in [4.69, 9.17) is 0 Å². The summed E-state index contributed by atoms with van der Waals surface area (Å²) in [5, 5.41) is 7.69. The van der Waals surface area contributed by atoms with Crippen molar-refractivity contribution in [3.8, 4) is 44.8 Å². The van der Waals surface area contributed by atoms with E-state index >= 15 is 0 Å². The van der Waals surface area contributed by atoms with E-state index in [2.05, 4.69) is 215 Å². The monoisotopic (exact) mass is 742 g/mol. The smallest absolute Gasteiger partial charge is 0.0641 e. The predicted octanol–water partition coefficient (Wildman–Crippen LogP) is 15.2. The molecule has 0 aliphatic heterocycles. The maximum absolute atomic E-state index is 2.48. The molecular formula is C54H34N2S. The quantitative estimate of drug-likeness (QED) is 0.166. The lowest BCUT2D eigenvalue weighted by Crippen LogP contribution is -1.96. The lowest BCUT2D eigenvalue weighted by molar-refractivity contribution is 1.17. The topological polar surface area (TPSA) is 9.86 Å². The Bertz CT molecular complexity index is 3490. The Hall–Kier alpha value is -7.20. The SMILES string of the molecule is c1ccc(-c2cccc(-n3c4ccccc4c4ccc5c(c6ccccc6n5-c5ccc(-c6ccc(-c7cccc8c7sc7ccccc78)cc6)cc5)c43)c2)cc1. The second-order valence-corrected chi connectivity index (χ2v) is 15.9. The van der Waals surface area contributed by atoms with Crippen LogP contribution in [0.2, 0.25) is 0 Å². The molecular weight excluding hydrogens is 709 g/mol. The molecule has 0 spiro atoms. The first-order chi connectivity index (χ1) is 28.3. The van der Waals surface area contributed by atoms with Crippen LogP contribution < -0.4 is 0 Å². The van der Waals surface area contributed by atoms with Crippen LogP contribution in [-0.2, 0) is 0 Å². The van der Waals surface area contributed by atoms with Gasteiger partial charge in [0.25, 0.3) is 0 Å². The number of para-hydroxylation sites is 2. The second-order valence-electron chi connectivity index (χ2n) is 14.9. The minimum Gasteiger partial charge on any atom is -0.309 e. The molecule has 0 unspecified atom stereocenters. The molecule has 12 aromatic rings. The number of fused-ring (bicyclic) bond motifs is 10. The van der Waals surface area contributed by atoms with Crippen molar-refractivity contribution in [2.24, 2.45) is 0 Å². The minimum absolute atomic E-state index is 1.14. The van der Waals surface area contributed by atoms with Crippen molar-refractivity contribution >= 4 is 75.1 Å². The van der Waals surface area contributed by atoms with Crippen molar-refractivity contribution in [2.75, 3.05) is 0 Å². The van der Waals surface area contributed by atoms with Crippen molar-refractivity contribution in [2.45, 2.75) is 0 Å². The largest absolute Gasteiger partial charge is 0.309 e. The summed E-state index contributed by atoms with van der Waals surface area (Å²) < 4.78 is 7.59. The van der Waals surface area contributed by atoms with Crippen LogP contribution in [0.3, 0.4) is 0 Å². The van der Waals surface area contributed by atoms with E-state index in [0.29, 0.717) is 0 Å². The molecule has 0 bridgehead atoms. The Morgan fingerprint density at radius 2 is 0.912 bits per heavy atom. The van der Waals surface area contributed by atoms with E-state index in [1.54, 1.807) is 0 Å². The molecule has 266 valence electrons. The Labute approximate surface area is 333 Å². The zero-order valence-corrected chi connectivity index (χ0v) is 31.7. The highest BCUT2D eigenvalue weighted by Gasteiger charge is 2.21. The summed E-state index contributed by atoms with van der Waals surface area (Å²) in [6, 6.07) is 75.5. The zero-order chi connectivity index (χ0) is 37.5. The molecule has 0 fully saturated rings. The highest BCUT2D eigenvalue weighted by molar-refractivity contribution is 7.26. The summed E-state index contributed by atoms with van der Waals surface area (Å²) in [6.45, 7) is 0. The zero-order valence-electron chi connectivity index (χ0n) is 30.9. The van der Waals surface area contributed by atoms with Gasteiger partial charge in [0.15, 0.2) is 0 Å². The van der Waals surface area contributed by atoms with E-state index in [-0.39, 0.29) is 0 Å². The van der Waals surface area contributed by atoms with Crippen LogP contribution in [0.1, 0.15) is 0 Å². The van der Waals surface area contributed by atoms with Gasteiger partial charge in [-0.15, -0.1) is 11.3 Å². The molecule has 0 amide bonds. The summed E-state index contributed by atoms with van der Waals surface area (Å²) in [5.41, 5.74) is 14.5. The maximum atomic E-state index is 2.48. The molecule has 0 aliphatic rings. The van der Waals surface area contributed by atoms with Crippen LogP contribution in [0.5, 0.6) is 0 Å². The van der Waals surface area contributed by atoms with Gasteiger partial charge in [0.05, 0.1) is 22.1 Å². The molecule has 0 radical (unpaired) electrons. The van der Waals surface area contributed by atoms with Gasteiger partial charge >= 0.3 is 0 Å². The first kappa shape index (κ1) is 32.1. The van der Waals surface area contributed by atoms with Crippen LogP contribution in [0.4, 0.5) is 0 Å². The Balaban J connectivity index is 0.985. The van der Waals surface area contributed by atoms with Gasteiger partial charge in [-0.1, -0.05) is 158 Å². The average molecular weight is 743 g/mol. The molecule has 3 aromatic heterocycles. The first-order valence-corrected chi connectivity index (χ1v) is 20.3. The fraction of sp³-hybridized carbons (Fsp3) is 0. The molecule has 3 heterocycles. The highest BCUT2D eigenvalue weighted by Crippen LogP contribution is 2.43. The van der Waals surface area contributed by atoms with Crippen molar-refractivity contribution < 1.29 is 0 Å². The van der Waals surface area contributed by atoms with Crippen LogP contribution in [0.15, 0.2) is 206 Å². The Kier molecular flexibility index (Phi) is 7.13. The molecule has 0 saturated carbocycles. The maximum Gasteiger partial charge on any atom is 0.0641 e. The first-order valence-electron chi connectivity index (χ1n) is 19.5. The third kappa shape index (κ3) is 4.96. The molecule has 0 saturated heterocycles. The predicted molar refractivity (Wildman–Crippen MR) is 244 cm³/mol. The van der Waals surface area contributed by atoms with Crippen molar-refractivity contribution in [1.29, 1.82) is 0 Å². The van der Waals surface area contributed by atoms with Gasteiger partial charge in [0.2, 0.25) is 0 Å². The minimum atomic E-state index is 1.14. The summed E-state index contributed by atoms with van der Waals surface area (Å²) in [6.07, 6.45) is 0. The van der Waals surface area contributed by atoms with Gasteiger partial charge in [0, 0.05) is 53.1 Å². The third-order valence-electron chi connectivity index (χ3n) is 11.7. The molecule has 57 heavy (non-hydrogen) atoms. The molecule has 12 rings (SSSR count). The average Bonchev–Trinajstić information content (AvgIpc) is 3.95. The third-order valence-corrected chi connectivity index (χ3v) is 13.0. The molecule has 2 nitrogen and oxygen atoms in total. The Morgan fingerprint density at radius 3 is 1.72 bits per heavy atom. The van der Waals surface area contributed by atoms with E-state index in [9.17, 15) is 0 Å². The number of nitrogens with zero attached hydrogens (tertiary/aromatic N) is 2. The van der Waals surface area contributed by atoms with Crippen LogP contribution in [-0.4, -0.2) is 9.13 Å². The number of hydrogen-bond acceptors (Lipinski definition) is 1. The van der Waals surface area contributed by atoms with Crippen LogP contribution in [0, 0.1) is 0 Å². The number of thiophene rings is 1. The molecule has 0 N–H and O–H groups in total. The van der Waals surface area contributed by atoms with E-state index in [1.165, 1.54) is 97.2 Å². The molecule has 3 heteroatoms. The fourth-order valence-corrected chi connectivity index (χ4v) is 10.4. The van der Waals surface area contributed by atoms with Gasteiger partial charge in [0.1, 0.15) is 0 Å². The Morgan fingerprint density at radius 1 is 0.316 bits per heavy atom. The standard InChI is InChI=1S/C54H34N2S/c1-2-12-35(13-3-1)39-14-10-15-41(34-39)56-48-21-7-4-16-43(48)45-32-33-50-52(53(45)56)47-18-5-8-22-49(47)55(50)40-30-28-37(29-31-40)36-24-26-38(27-25-36)42-19-11-20-46-44-17-6-9-23-51(44)57-54(42)46/h1-34H. The number of rotatable bonds is 5. The molecule has 9 aromatic carbocycles. The molecule has 0 aliphatic carbocycles. The summed E-state index contributed by atoms with van der Waals surface area (Å²) in [5.74, 6) is 0. The van der Waals surface area contributed by atoms with Gasteiger partial charge in [-0.05, 0) is 81.9 Å². The van der Waals surface area contributed by atoms with E-state index in [1.807, 2.05) is 11.3 Å². The van der Waals surface area contributed by atoms with Gasteiger partial charge in [-0.3, -0.25) is 0 Å². The number of benzene rings is 9. The van der Waals surface area contributed by atoms with Crippen LogP contribution in [0.25, 0.3) is 109 Å². The normalized spacial score (nSPS) is 11.9. The van der Waals surface area contributed by atoms with Crippen molar-refractivity contribution in [1.82, 2.24) is 9.13 Å². The number of aromatic nitrogens is 2. The van der Waals surface area contributed by atoms with Gasteiger partial charge in [-0.2, -0.15) is 0 Å². The van der Waals surface area contributed by atoms with Crippen molar-refractivity contribution in [3.05, 3.63) is 206 Å². The number of hydrogen-bond donors (Lipinski definition) is 0. The lowest BCUT2D eigenvalue weighted by Gasteiger charge is -2.12. The lowest BCUT2D eigenvalue weighted by atomic mass is 9.99. The summed E-state index contributed by atoms with van der Waals surface area (Å²) in [4.78, 5) is 0. The second kappa shape index (κ2) is 12.7. The van der Waals surface area contributed by atoms with E-state index in [0.717, 1.165) is 11.4 Å². The highest BCUT2D eigenvalue weighted by atomic mass is 32.1. The van der Waals surface area contributed by atoms with Gasteiger partial charge in [-0.25, -0.2) is 0 Å². The van der Waals surface area contributed by atoms with E-state index < -0.39 is 0 Å². The fourth-order valence-electron chi connectivity index (χ4n) is 9.13. The summed E-state index contributed by atoms with van der Waals surface area (Å²) >= 11 is 1.88. The van der Waals surface area contributed by atoms with Crippen LogP contribution >= 0.6 is 11.3 Å². The molecule has 0 atom stereocenters. The van der Waals surface area contributed by atoms with Crippen molar-refractivity contribution in [3.63, 3.8) is 0 Å². The summed E-state index contributed by atoms with van der Waals surface area (Å²) in [7, 11) is 0.